The fraction of sp³-hybridized carbons (Fsp3) is 0.467. The maximum Gasteiger partial charge on any atom is 0.410 e. The molecule has 0 saturated heterocycles. The molecule has 0 saturated carbocycles. The third kappa shape index (κ3) is 3.00. The molecule has 0 spiro atoms. The Bertz CT molecular complexity index is 675. The molecule has 0 atom stereocenters. The van der Waals surface area contributed by atoms with Crippen molar-refractivity contribution in [2.45, 2.75) is 46.0 Å². The van der Waals surface area contributed by atoms with Crippen LogP contribution < -0.4 is 5.73 Å². The molecule has 3 rings (SSSR count). The van der Waals surface area contributed by atoms with Gasteiger partial charge in [0.1, 0.15) is 11.4 Å². The van der Waals surface area contributed by atoms with Gasteiger partial charge < -0.3 is 15.5 Å². The van der Waals surface area contributed by atoms with Gasteiger partial charge in [0.2, 0.25) is 0 Å². The Kier molecular flexibility index (Phi) is 3.70. The summed E-state index contributed by atoms with van der Waals surface area (Å²) in [6.45, 7) is 7.12. The molecule has 0 aromatic carbocycles. The van der Waals surface area contributed by atoms with Gasteiger partial charge in [-0.1, -0.05) is 0 Å². The van der Waals surface area contributed by atoms with Gasteiger partial charge >= 0.3 is 6.09 Å². The van der Waals surface area contributed by atoms with Crippen molar-refractivity contribution in [1.29, 1.82) is 0 Å². The minimum absolute atomic E-state index is 0.304. The Morgan fingerprint density at radius 2 is 2.23 bits per heavy atom. The number of ether oxygens (including phenoxy) is 1. The zero-order chi connectivity index (χ0) is 15.9. The molecule has 0 bridgehead atoms. The van der Waals surface area contributed by atoms with Crippen LogP contribution in [0.4, 0.5) is 4.79 Å². The highest BCUT2D eigenvalue weighted by molar-refractivity contribution is 7.15. The maximum atomic E-state index is 12.1. The molecule has 0 fully saturated rings. The van der Waals surface area contributed by atoms with Gasteiger partial charge in [-0.3, -0.25) is 4.90 Å². The highest BCUT2D eigenvalue weighted by Gasteiger charge is 2.30. The van der Waals surface area contributed by atoms with Gasteiger partial charge in [0.15, 0.2) is 0 Å². The average Bonchev–Trinajstić information content (AvgIpc) is 3.09. The number of aromatic nitrogens is 2. The number of rotatable bonds is 2. The number of nitrogens with zero attached hydrogens (tertiary/aromatic N) is 2. The molecule has 2 aromatic heterocycles. The van der Waals surface area contributed by atoms with E-state index >= 15 is 0 Å². The first-order chi connectivity index (χ1) is 10.4. The van der Waals surface area contributed by atoms with Crippen molar-refractivity contribution >= 4 is 17.4 Å². The molecule has 118 valence electrons. The summed E-state index contributed by atoms with van der Waals surface area (Å²) in [6.07, 6.45) is -0.304. The van der Waals surface area contributed by atoms with E-state index in [-0.39, 0.29) is 6.09 Å². The van der Waals surface area contributed by atoms with E-state index in [9.17, 15) is 4.79 Å². The first-order valence-corrected chi connectivity index (χ1v) is 8.02. The molecule has 3 heterocycles. The van der Waals surface area contributed by atoms with E-state index in [1.54, 1.807) is 16.2 Å². The fourth-order valence-corrected chi connectivity index (χ4v) is 3.15. The van der Waals surface area contributed by atoms with Crippen LogP contribution >= 0.6 is 11.3 Å². The number of imidazole rings is 1. The number of nitrogens with two attached hydrogens (primary N) is 1. The molecule has 1 amide bonds. The Balaban J connectivity index is 1.71. The summed E-state index contributed by atoms with van der Waals surface area (Å²) in [5.74, 6) is 0.846. The molecule has 2 aromatic rings. The van der Waals surface area contributed by atoms with E-state index in [0.29, 0.717) is 19.6 Å². The van der Waals surface area contributed by atoms with Crippen LogP contribution in [0.5, 0.6) is 0 Å². The van der Waals surface area contributed by atoms with E-state index in [1.807, 2.05) is 32.9 Å². The lowest BCUT2D eigenvalue weighted by molar-refractivity contribution is 0.0239. The predicted molar refractivity (Wildman–Crippen MR) is 85.3 cm³/mol. The summed E-state index contributed by atoms with van der Waals surface area (Å²) < 4.78 is 5.39. The monoisotopic (exact) mass is 320 g/mol. The van der Waals surface area contributed by atoms with Crippen LogP contribution in [0.3, 0.4) is 0 Å². The second-order valence-corrected chi connectivity index (χ2v) is 7.49. The molecule has 1 aliphatic rings. The summed E-state index contributed by atoms with van der Waals surface area (Å²) in [5.41, 5.74) is 7.03. The highest BCUT2D eigenvalue weighted by Crippen LogP contribution is 2.30. The summed E-state index contributed by atoms with van der Waals surface area (Å²) >= 11 is 1.63. The van der Waals surface area contributed by atoms with Crippen LogP contribution in [-0.4, -0.2) is 26.6 Å². The molecular weight excluding hydrogens is 300 g/mol. The van der Waals surface area contributed by atoms with Gasteiger partial charge in [0.25, 0.3) is 0 Å². The van der Waals surface area contributed by atoms with Gasteiger partial charge in [0.05, 0.1) is 29.4 Å². The summed E-state index contributed by atoms with van der Waals surface area (Å²) in [7, 11) is 0. The zero-order valence-electron chi connectivity index (χ0n) is 13.0. The number of hydrogen-bond acceptors (Lipinski definition) is 5. The van der Waals surface area contributed by atoms with Crippen molar-refractivity contribution in [3.05, 3.63) is 28.4 Å². The largest absolute Gasteiger partial charge is 0.444 e. The number of aromatic amines is 1. The number of carbonyl (C=O) groups excluding carboxylic acids is 1. The number of carbonyl (C=O) groups is 1. The second-order valence-electron chi connectivity index (χ2n) is 6.32. The molecular formula is C15H20N4O2S. The lowest BCUT2D eigenvalue weighted by Gasteiger charge is -2.24. The van der Waals surface area contributed by atoms with Gasteiger partial charge in [-0.2, -0.15) is 0 Å². The third-order valence-electron chi connectivity index (χ3n) is 3.30. The van der Waals surface area contributed by atoms with Crippen molar-refractivity contribution < 1.29 is 9.53 Å². The van der Waals surface area contributed by atoms with Crippen molar-refractivity contribution in [3.63, 3.8) is 0 Å². The second kappa shape index (κ2) is 5.40. The molecule has 3 N–H and O–H groups in total. The quantitative estimate of drug-likeness (QED) is 0.891. The molecule has 0 unspecified atom stereocenters. The van der Waals surface area contributed by atoms with Crippen LogP contribution in [0.15, 0.2) is 12.1 Å². The van der Waals surface area contributed by atoms with Crippen LogP contribution in [0, 0.1) is 0 Å². The Hall–Kier alpha value is -1.86. The average molecular weight is 320 g/mol. The summed E-state index contributed by atoms with van der Waals surface area (Å²) in [4.78, 5) is 23.8. The molecule has 6 nitrogen and oxygen atoms in total. The highest BCUT2D eigenvalue weighted by atomic mass is 32.1. The van der Waals surface area contributed by atoms with Gasteiger partial charge in [0, 0.05) is 11.4 Å². The third-order valence-corrected chi connectivity index (χ3v) is 4.42. The number of H-pyrrole nitrogens is 1. The predicted octanol–water partition coefficient (Wildman–Crippen LogP) is 2.85. The lowest BCUT2D eigenvalue weighted by atomic mass is 10.2. The lowest BCUT2D eigenvalue weighted by Crippen LogP contribution is -2.33. The summed E-state index contributed by atoms with van der Waals surface area (Å²) in [5, 5.41) is 0. The Morgan fingerprint density at radius 1 is 1.45 bits per heavy atom. The number of fused-ring (bicyclic) bond motifs is 1. The molecule has 1 aliphatic heterocycles. The fourth-order valence-electron chi connectivity index (χ4n) is 2.32. The van der Waals surface area contributed by atoms with E-state index in [4.69, 9.17) is 10.5 Å². The maximum absolute atomic E-state index is 12.1. The van der Waals surface area contributed by atoms with Gasteiger partial charge in [-0.15, -0.1) is 11.3 Å². The van der Waals surface area contributed by atoms with Crippen molar-refractivity contribution in [1.82, 2.24) is 14.9 Å². The molecule has 7 heteroatoms. The molecule has 0 radical (unpaired) electrons. The van der Waals surface area contributed by atoms with Crippen LogP contribution in [0.2, 0.25) is 0 Å². The standard InChI is InChI=1S/C15H20N4O2S/c1-15(2,3)21-14(20)19-7-10-11(8-19)18-13(17-10)12-5-4-9(6-16)22-12/h4-5H,6-8,16H2,1-3H3,(H,17,18). The topological polar surface area (TPSA) is 84.2 Å². The van der Waals surface area contributed by atoms with E-state index in [2.05, 4.69) is 9.97 Å². The first-order valence-electron chi connectivity index (χ1n) is 7.20. The number of hydrogen-bond donors (Lipinski definition) is 2. The normalized spacial score (nSPS) is 14.3. The number of amides is 1. The van der Waals surface area contributed by atoms with E-state index in [0.717, 1.165) is 27.0 Å². The zero-order valence-corrected chi connectivity index (χ0v) is 13.8. The number of nitrogens with one attached hydrogen (secondary N) is 1. The smallest absolute Gasteiger partial charge is 0.410 e. The van der Waals surface area contributed by atoms with Crippen molar-refractivity contribution in [3.8, 4) is 10.7 Å². The van der Waals surface area contributed by atoms with Crippen LogP contribution in [0.25, 0.3) is 10.7 Å². The van der Waals surface area contributed by atoms with Crippen molar-refractivity contribution in [2.24, 2.45) is 5.73 Å². The van der Waals surface area contributed by atoms with Gasteiger partial charge in [-0.25, -0.2) is 9.78 Å². The Labute approximate surface area is 133 Å². The van der Waals surface area contributed by atoms with Gasteiger partial charge in [-0.05, 0) is 32.9 Å². The Morgan fingerprint density at radius 3 is 2.82 bits per heavy atom. The van der Waals surface area contributed by atoms with E-state index in [1.165, 1.54) is 0 Å². The van der Waals surface area contributed by atoms with E-state index < -0.39 is 5.60 Å². The molecule has 22 heavy (non-hydrogen) atoms. The minimum atomic E-state index is -0.485. The first kappa shape index (κ1) is 15.1. The number of thiophene rings is 1. The van der Waals surface area contributed by atoms with Crippen LogP contribution in [0.1, 0.15) is 37.0 Å². The van der Waals surface area contributed by atoms with Crippen LogP contribution in [-0.2, 0) is 24.4 Å². The minimum Gasteiger partial charge on any atom is -0.444 e. The molecule has 0 aliphatic carbocycles. The SMILES string of the molecule is CC(C)(C)OC(=O)N1Cc2nc(-c3ccc(CN)s3)[nH]c2C1. The van der Waals surface area contributed by atoms with Crippen molar-refractivity contribution in [2.75, 3.05) is 0 Å². The summed E-state index contributed by atoms with van der Waals surface area (Å²) in [6, 6.07) is 4.03.